The maximum absolute atomic E-state index is 12.8. The molecule has 0 saturated carbocycles. The van der Waals surface area contributed by atoms with Crippen LogP contribution >= 0.6 is 0 Å². The van der Waals surface area contributed by atoms with Gasteiger partial charge in [0.1, 0.15) is 23.0 Å². The molecule has 0 amide bonds. The third-order valence-corrected chi connectivity index (χ3v) is 6.23. The molecule has 0 aliphatic carbocycles. The molecule has 4 nitrogen and oxygen atoms in total. The highest BCUT2D eigenvalue weighted by Crippen LogP contribution is 2.36. The minimum Gasteiger partial charge on any atom is -0.496 e. The zero-order valence-electron chi connectivity index (χ0n) is 21.6. The van der Waals surface area contributed by atoms with E-state index in [1.54, 1.807) is 14.2 Å². The van der Waals surface area contributed by atoms with Gasteiger partial charge in [-0.15, -0.1) is 0 Å². The molecule has 0 bridgehead atoms. The summed E-state index contributed by atoms with van der Waals surface area (Å²) in [6, 6.07) is 25.1. The SMILES string of the molecule is COc1cc(Oc2ccc(-c3ccc(C)cc3)cc2)cc(OC)c1CNCCc1ccc(C(F)(F)F)cc1. The molecule has 7 heteroatoms. The summed E-state index contributed by atoms with van der Waals surface area (Å²) in [5.41, 5.74) is 4.46. The molecule has 1 N–H and O–H groups in total. The predicted octanol–water partition coefficient (Wildman–Crippen LogP) is 7.82. The number of benzene rings is 4. The van der Waals surface area contributed by atoms with E-state index in [1.807, 2.05) is 36.4 Å². The number of nitrogens with one attached hydrogen (secondary N) is 1. The van der Waals surface area contributed by atoms with Gasteiger partial charge in [-0.05, 0) is 60.8 Å². The first kappa shape index (κ1) is 27.1. The Morgan fingerprint density at radius 2 is 1.26 bits per heavy atom. The number of ether oxygens (including phenoxy) is 3. The Kier molecular flexibility index (Phi) is 8.59. The molecule has 0 radical (unpaired) electrons. The van der Waals surface area contributed by atoms with Gasteiger partial charge in [0.25, 0.3) is 0 Å². The van der Waals surface area contributed by atoms with E-state index in [-0.39, 0.29) is 0 Å². The highest BCUT2D eigenvalue weighted by atomic mass is 19.4. The number of aryl methyl sites for hydroxylation is 1. The average molecular weight is 522 g/mol. The van der Waals surface area contributed by atoms with Crippen LogP contribution in [0.25, 0.3) is 11.1 Å². The van der Waals surface area contributed by atoms with Crippen molar-refractivity contribution in [3.63, 3.8) is 0 Å². The monoisotopic (exact) mass is 521 g/mol. The third kappa shape index (κ3) is 6.86. The molecule has 0 heterocycles. The van der Waals surface area contributed by atoms with E-state index >= 15 is 0 Å². The fourth-order valence-electron chi connectivity index (χ4n) is 4.10. The molecule has 0 atom stereocenters. The van der Waals surface area contributed by atoms with Crippen molar-refractivity contribution in [2.75, 3.05) is 20.8 Å². The smallest absolute Gasteiger partial charge is 0.416 e. The second-order valence-electron chi connectivity index (χ2n) is 8.92. The second-order valence-corrected chi connectivity index (χ2v) is 8.92. The van der Waals surface area contributed by atoms with Crippen LogP contribution < -0.4 is 19.5 Å². The minimum atomic E-state index is -4.33. The van der Waals surface area contributed by atoms with Crippen LogP contribution in [0.15, 0.2) is 84.9 Å². The van der Waals surface area contributed by atoms with Crippen molar-refractivity contribution < 1.29 is 27.4 Å². The lowest BCUT2D eigenvalue weighted by molar-refractivity contribution is -0.137. The number of methoxy groups -OCH3 is 2. The van der Waals surface area contributed by atoms with E-state index < -0.39 is 11.7 Å². The predicted molar refractivity (Wildman–Crippen MR) is 143 cm³/mol. The third-order valence-electron chi connectivity index (χ3n) is 6.23. The normalized spacial score (nSPS) is 11.3. The fourth-order valence-corrected chi connectivity index (χ4v) is 4.10. The summed E-state index contributed by atoms with van der Waals surface area (Å²) in [6.45, 7) is 3.09. The Morgan fingerprint density at radius 1 is 0.711 bits per heavy atom. The van der Waals surface area contributed by atoms with Gasteiger partial charge in [-0.1, -0.05) is 54.1 Å². The molecule has 0 saturated heterocycles. The van der Waals surface area contributed by atoms with Crippen molar-refractivity contribution in [2.24, 2.45) is 0 Å². The summed E-state index contributed by atoms with van der Waals surface area (Å²) in [4.78, 5) is 0. The van der Waals surface area contributed by atoms with E-state index in [9.17, 15) is 13.2 Å². The van der Waals surface area contributed by atoms with E-state index in [2.05, 4.69) is 36.5 Å². The molecule has 4 aromatic rings. The summed E-state index contributed by atoms with van der Waals surface area (Å²) in [6.07, 6.45) is -3.74. The Bertz CT molecular complexity index is 1310. The molecule has 0 aliphatic heterocycles. The molecule has 0 fully saturated rings. The quantitative estimate of drug-likeness (QED) is 0.216. The highest BCUT2D eigenvalue weighted by Gasteiger charge is 2.29. The molecule has 198 valence electrons. The van der Waals surface area contributed by atoms with Crippen LogP contribution in [-0.4, -0.2) is 20.8 Å². The lowest BCUT2D eigenvalue weighted by Crippen LogP contribution is -2.18. The van der Waals surface area contributed by atoms with Crippen molar-refractivity contribution in [3.05, 3.63) is 107 Å². The number of hydrogen-bond donors (Lipinski definition) is 1. The summed E-state index contributed by atoms with van der Waals surface area (Å²) < 4.78 is 55.6. The van der Waals surface area contributed by atoms with Crippen LogP contribution in [-0.2, 0) is 19.1 Å². The number of hydrogen-bond acceptors (Lipinski definition) is 4. The summed E-state index contributed by atoms with van der Waals surface area (Å²) in [7, 11) is 3.17. The Hall–Kier alpha value is -3.97. The maximum Gasteiger partial charge on any atom is 0.416 e. The van der Waals surface area contributed by atoms with Crippen molar-refractivity contribution in [1.82, 2.24) is 5.32 Å². The van der Waals surface area contributed by atoms with Crippen LogP contribution in [0.3, 0.4) is 0 Å². The fraction of sp³-hybridized carbons (Fsp3) is 0.226. The molecule has 0 aromatic heterocycles. The molecule has 0 unspecified atom stereocenters. The van der Waals surface area contributed by atoms with Crippen molar-refractivity contribution in [3.8, 4) is 34.1 Å². The molecule has 0 spiro atoms. The first-order valence-electron chi connectivity index (χ1n) is 12.2. The molecule has 4 rings (SSSR count). The van der Waals surface area contributed by atoms with Crippen LogP contribution in [0.2, 0.25) is 0 Å². The van der Waals surface area contributed by atoms with E-state index in [4.69, 9.17) is 14.2 Å². The van der Waals surface area contributed by atoms with Gasteiger partial charge in [0.05, 0.1) is 25.3 Å². The van der Waals surface area contributed by atoms with Gasteiger partial charge in [0.2, 0.25) is 0 Å². The Labute approximate surface area is 221 Å². The van der Waals surface area contributed by atoms with Gasteiger partial charge in [-0.2, -0.15) is 13.2 Å². The van der Waals surface area contributed by atoms with E-state index in [0.29, 0.717) is 42.5 Å². The van der Waals surface area contributed by atoms with Crippen LogP contribution in [0, 0.1) is 6.92 Å². The van der Waals surface area contributed by atoms with Gasteiger partial charge in [-0.25, -0.2) is 0 Å². The molecule has 38 heavy (non-hydrogen) atoms. The van der Waals surface area contributed by atoms with Gasteiger partial charge in [0, 0.05) is 18.7 Å². The zero-order chi connectivity index (χ0) is 27.1. The lowest BCUT2D eigenvalue weighted by Gasteiger charge is -2.16. The maximum atomic E-state index is 12.8. The molecule has 0 aliphatic rings. The van der Waals surface area contributed by atoms with Crippen molar-refractivity contribution in [2.45, 2.75) is 26.1 Å². The number of rotatable bonds is 10. The molecule has 4 aromatic carbocycles. The first-order chi connectivity index (χ1) is 18.3. The summed E-state index contributed by atoms with van der Waals surface area (Å²) in [5, 5.41) is 3.32. The van der Waals surface area contributed by atoms with Gasteiger partial charge in [0.15, 0.2) is 0 Å². The topological polar surface area (TPSA) is 39.7 Å². The number of alkyl halides is 3. The Morgan fingerprint density at radius 3 is 1.79 bits per heavy atom. The van der Waals surface area contributed by atoms with Crippen molar-refractivity contribution in [1.29, 1.82) is 0 Å². The van der Waals surface area contributed by atoms with Gasteiger partial charge in [-0.3, -0.25) is 0 Å². The zero-order valence-corrected chi connectivity index (χ0v) is 21.6. The van der Waals surface area contributed by atoms with Crippen LogP contribution in [0.4, 0.5) is 13.2 Å². The van der Waals surface area contributed by atoms with Gasteiger partial charge >= 0.3 is 6.18 Å². The molecular weight excluding hydrogens is 491 g/mol. The average Bonchev–Trinajstić information content (AvgIpc) is 2.92. The standard InChI is InChI=1S/C31H30F3NO3/c1-21-4-8-23(9-5-21)24-10-14-26(15-11-24)38-27-18-29(36-2)28(30(19-27)37-3)20-35-17-16-22-6-12-25(13-7-22)31(32,33)34/h4-15,18-19,35H,16-17,20H2,1-3H3. The lowest BCUT2D eigenvalue weighted by atomic mass is 10.0. The minimum absolute atomic E-state index is 0.457. The number of halogens is 3. The van der Waals surface area contributed by atoms with E-state index in [1.165, 1.54) is 17.7 Å². The Balaban J connectivity index is 1.39. The van der Waals surface area contributed by atoms with Gasteiger partial charge < -0.3 is 19.5 Å². The van der Waals surface area contributed by atoms with E-state index in [0.717, 1.165) is 34.4 Å². The van der Waals surface area contributed by atoms with Crippen LogP contribution in [0.5, 0.6) is 23.0 Å². The summed E-state index contributed by atoms with van der Waals surface area (Å²) >= 11 is 0. The summed E-state index contributed by atoms with van der Waals surface area (Å²) in [5.74, 6) is 2.48. The second kappa shape index (κ2) is 12.0. The van der Waals surface area contributed by atoms with Crippen LogP contribution in [0.1, 0.15) is 22.3 Å². The highest BCUT2D eigenvalue weighted by molar-refractivity contribution is 5.64. The molecular formula is C31H30F3NO3. The first-order valence-corrected chi connectivity index (χ1v) is 12.2. The largest absolute Gasteiger partial charge is 0.496 e. The van der Waals surface area contributed by atoms with Crippen molar-refractivity contribution >= 4 is 0 Å².